The van der Waals surface area contributed by atoms with Crippen LogP contribution in [-0.2, 0) is 13.0 Å². The molecule has 7 nitrogen and oxygen atoms in total. The summed E-state index contributed by atoms with van der Waals surface area (Å²) in [6.07, 6.45) is 1.93. The largest absolute Gasteiger partial charge is 0.477 e. The van der Waals surface area contributed by atoms with Gasteiger partial charge in [-0.05, 0) is 19.9 Å². The van der Waals surface area contributed by atoms with Crippen LogP contribution in [0.4, 0.5) is 0 Å². The Kier molecular flexibility index (Phi) is 3.46. The molecule has 2 aromatic heterocycles. The molecule has 0 amide bonds. The van der Waals surface area contributed by atoms with Gasteiger partial charge in [0.15, 0.2) is 11.6 Å². The fourth-order valence-electron chi connectivity index (χ4n) is 1.72. The average Bonchev–Trinajstić information content (AvgIpc) is 2.92. The van der Waals surface area contributed by atoms with Crippen molar-refractivity contribution in [3.05, 3.63) is 35.2 Å². The summed E-state index contributed by atoms with van der Waals surface area (Å²) in [5.41, 5.74) is 0.445. The molecule has 0 aliphatic rings. The zero-order valence-electron chi connectivity index (χ0n) is 10.6. The van der Waals surface area contributed by atoms with E-state index in [1.807, 2.05) is 0 Å². The molecule has 19 heavy (non-hydrogen) atoms. The van der Waals surface area contributed by atoms with Crippen LogP contribution in [0.15, 0.2) is 16.8 Å². The van der Waals surface area contributed by atoms with Gasteiger partial charge in [0.05, 0.1) is 0 Å². The van der Waals surface area contributed by atoms with Crippen molar-refractivity contribution in [2.75, 3.05) is 0 Å². The lowest BCUT2D eigenvalue weighted by atomic mass is 10.2. The summed E-state index contributed by atoms with van der Waals surface area (Å²) >= 11 is 0. The Labute approximate surface area is 108 Å². The van der Waals surface area contributed by atoms with Gasteiger partial charge in [-0.15, -0.1) is 0 Å². The van der Waals surface area contributed by atoms with Crippen molar-refractivity contribution in [2.45, 2.75) is 26.8 Å². The van der Waals surface area contributed by atoms with Gasteiger partial charge >= 0.3 is 5.97 Å². The van der Waals surface area contributed by atoms with Crippen molar-refractivity contribution >= 4 is 11.8 Å². The Morgan fingerprint density at radius 3 is 2.74 bits per heavy atom. The van der Waals surface area contributed by atoms with E-state index in [1.54, 1.807) is 6.92 Å². The van der Waals surface area contributed by atoms with E-state index >= 15 is 0 Å². The predicted molar refractivity (Wildman–Crippen MR) is 64.1 cm³/mol. The van der Waals surface area contributed by atoms with Crippen LogP contribution in [-0.4, -0.2) is 31.6 Å². The molecule has 0 atom stereocenters. The Balaban J connectivity index is 2.18. The first-order valence-electron chi connectivity index (χ1n) is 5.71. The summed E-state index contributed by atoms with van der Waals surface area (Å²) in [6, 6.07) is 1.36. The fraction of sp³-hybridized carbons (Fsp3) is 0.333. The number of carboxylic acid groups (broad SMARTS) is 1. The lowest BCUT2D eigenvalue weighted by molar-refractivity contribution is 0.0684. The number of aryl methyl sites for hydroxylation is 3. The lowest BCUT2D eigenvalue weighted by Gasteiger charge is -2.03. The summed E-state index contributed by atoms with van der Waals surface area (Å²) in [5, 5.41) is 12.7. The molecule has 0 radical (unpaired) electrons. The van der Waals surface area contributed by atoms with Crippen molar-refractivity contribution in [1.82, 2.24) is 14.7 Å². The summed E-state index contributed by atoms with van der Waals surface area (Å²) < 4.78 is 6.45. The van der Waals surface area contributed by atoms with E-state index in [9.17, 15) is 9.59 Å². The number of aromatic carboxylic acids is 1. The second-order valence-corrected chi connectivity index (χ2v) is 4.15. The normalized spacial score (nSPS) is 10.6. The van der Waals surface area contributed by atoms with E-state index in [0.29, 0.717) is 30.2 Å². The van der Waals surface area contributed by atoms with Crippen molar-refractivity contribution in [1.29, 1.82) is 0 Å². The van der Waals surface area contributed by atoms with Crippen molar-refractivity contribution < 1.29 is 19.2 Å². The third-order valence-electron chi connectivity index (χ3n) is 2.66. The molecule has 2 aromatic rings. The quantitative estimate of drug-likeness (QED) is 0.817. The summed E-state index contributed by atoms with van der Waals surface area (Å²) in [5.74, 6) is -0.276. The smallest absolute Gasteiger partial charge is 0.352 e. The first kappa shape index (κ1) is 13.0. The lowest BCUT2D eigenvalue weighted by Crippen LogP contribution is -2.09. The number of carbonyl (C=O) groups excluding carboxylic acids is 1. The average molecular weight is 263 g/mol. The maximum absolute atomic E-state index is 11.3. The molecule has 7 heteroatoms. The standard InChI is InChI=1S/C12H13N3O4/c1-7(16)9-5-10(12(17)18)15(6-9)4-3-11-13-8(2)14-19-11/h5-6H,3-4H2,1-2H3,(H,17,18). The molecule has 0 aliphatic carbocycles. The van der Waals surface area contributed by atoms with Gasteiger partial charge < -0.3 is 14.2 Å². The number of aromatic nitrogens is 3. The van der Waals surface area contributed by atoms with E-state index in [0.717, 1.165) is 0 Å². The number of hydrogen-bond acceptors (Lipinski definition) is 5. The predicted octanol–water partition coefficient (Wildman–Crippen LogP) is 1.32. The molecule has 0 aliphatic heterocycles. The summed E-state index contributed by atoms with van der Waals surface area (Å²) in [4.78, 5) is 26.4. The SMILES string of the molecule is CC(=O)c1cc(C(=O)O)n(CCc2nc(C)no2)c1. The molecule has 0 spiro atoms. The molecule has 0 fully saturated rings. The minimum Gasteiger partial charge on any atom is -0.477 e. The highest BCUT2D eigenvalue weighted by Crippen LogP contribution is 2.11. The first-order valence-corrected chi connectivity index (χ1v) is 5.71. The molecule has 1 N–H and O–H groups in total. The van der Waals surface area contributed by atoms with Crippen LogP contribution in [0.2, 0.25) is 0 Å². The summed E-state index contributed by atoms with van der Waals surface area (Å²) in [6.45, 7) is 3.46. The van der Waals surface area contributed by atoms with E-state index in [-0.39, 0.29) is 11.5 Å². The number of hydrogen-bond donors (Lipinski definition) is 1. The highest BCUT2D eigenvalue weighted by Gasteiger charge is 2.15. The van der Waals surface area contributed by atoms with Gasteiger partial charge in [-0.2, -0.15) is 4.98 Å². The molecule has 2 rings (SSSR count). The minimum absolute atomic E-state index is 0.0708. The van der Waals surface area contributed by atoms with E-state index in [4.69, 9.17) is 9.63 Å². The van der Waals surface area contributed by atoms with Crippen LogP contribution < -0.4 is 0 Å². The van der Waals surface area contributed by atoms with Crippen molar-refractivity contribution in [3.8, 4) is 0 Å². The number of ketones is 1. The Hall–Kier alpha value is -2.44. The van der Waals surface area contributed by atoms with Crippen LogP contribution in [0.1, 0.15) is 39.5 Å². The van der Waals surface area contributed by atoms with Gasteiger partial charge in [-0.3, -0.25) is 4.79 Å². The van der Waals surface area contributed by atoms with Crippen LogP contribution in [0.25, 0.3) is 0 Å². The number of rotatable bonds is 5. The van der Waals surface area contributed by atoms with Crippen molar-refractivity contribution in [3.63, 3.8) is 0 Å². The van der Waals surface area contributed by atoms with Crippen LogP contribution >= 0.6 is 0 Å². The number of nitrogens with zero attached hydrogens (tertiary/aromatic N) is 3. The molecule has 0 bridgehead atoms. The zero-order valence-corrected chi connectivity index (χ0v) is 10.6. The van der Waals surface area contributed by atoms with Crippen LogP contribution in [0, 0.1) is 6.92 Å². The number of Topliss-reactive ketones (excluding diaryl/α,β-unsaturated/α-hetero) is 1. The van der Waals surface area contributed by atoms with Gasteiger partial charge in [0.25, 0.3) is 0 Å². The third kappa shape index (κ3) is 2.87. The minimum atomic E-state index is -1.07. The highest BCUT2D eigenvalue weighted by atomic mass is 16.5. The Morgan fingerprint density at radius 2 is 2.21 bits per heavy atom. The second kappa shape index (κ2) is 5.05. The molecular weight excluding hydrogens is 250 g/mol. The van der Waals surface area contributed by atoms with E-state index in [2.05, 4.69) is 10.1 Å². The molecule has 2 heterocycles. The molecule has 100 valence electrons. The second-order valence-electron chi connectivity index (χ2n) is 4.15. The monoisotopic (exact) mass is 263 g/mol. The zero-order chi connectivity index (χ0) is 14.0. The summed E-state index contributed by atoms with van der Waals surface area (Å²) in [7, 11) is 0. The highest BCUT2D eigenvalue weighted by molar-refractivity contribution is 5.97. The maximum Gasteiger partial charge on any atom is 0.352 e. The first-order chi connectivity index (χ1) is 8.97. The van der Waals surface area contributed by atoms with E-state index in [1.165, 1.54) is 23.8 Å². The fourth-order valence-corrected chi connectivity index (χ4v) is 1.72. The van der Waals surface area contributed by atoms with Gasteiger partial charge in [0, 0.05) is 24.7 Å². The molecule has 0 saturated heterocycles. The van der Waals surface area contributed by atoms with E-state index < -0.39 is 5.97 Å². The Morgan fingerprint density at radius 1 is 1.47 bits per heavy atom. The third-order valence-corrected chi connectivity index (χ3v) is 2.66. The molecule has 0 saturated carbocycles. The molecular formula is C12H13N3O4. The molecule has 0 unspecified atom stereocenters. The van der Waals surface area contributed by atoms with Crippen LogP contribution in [0.5, 0.6) is 0 Å². The van der Waals surface area contributed by atoms with Crippen LogP contribution in [0.3, 0.4) is 0 Å². The van der Waals surface area contributed by atoms with Gasteiger partial charge in [0.2, 0.25) is 5.89 Å². The van der Waals surface area contributed by atoms with Crippen molar-refractivity contribution in [2.24, 2.45) is 0 Å². The Bertz CT molecular complexity index is 627. The topological polar surface area (TPSA) is 98.2 Å². The maximum atomic E-state index is 11.3. The van der Waals surface area contributed by atoms with Gasteiger partial charge in [-0.25, -0.2) is 4.79 Å². The van der Waals surface area contributed by atoms with Gasteiger partial charge in [-0.1, -0.05) is 5.16 Å². The molecule has 0 aromatic carbocycles. The number of carbonyl (C=O) groups is 2. The number of carboxylic acids is 1. The van der Waals surface area contributed by atoms with Gasteiger partial charge in [0.1, 0.15) is 5.69 Å².